The van der Waals surface area contributed by atoms with Gasteiger partial charge in [-0.1, -0.05) is 36.4 Å². The SMILES string of the molecule is CS(=O)(=O)c1ccccc1-c1cc2ccccc2n1-c1ccc(F)cc1. The third-order valence-electron chi connectivity index (χ3n) is 4.36. The van der Waals surface area contributed by atoms with E-state index in [9.17, 15) is 12.8 Å². The van der Waals surface area contributed by atoms with Gasteiger partial charge in [-0.2, -0.15) is 0 Å². The van der Waals surface area contributed by atoms with Gasteiger partial charge in [0.2, 0.25) is 0 Å². The fourth-order valence-electron chi connectivity index (χ4n) is 3.22. The lowest BCUT2D eigenvalue weighted by atomic mass is 10.1. The number of aromatic nitrogens is 1. The Morgan fingerprint density at radius 1 is 0.846 bits per heavy atom. The molecule has 0 N–H and O–H groups in total. The van der Waals surface area contributed by atoms with E-state index in [0.717, 1.165) is 22.3 Å². The van der Waals surface area contributed by atoms with E-state index in [2.05, 4.69) is 0 Å². The van der Waals surface area contributed by atoms with E-state index in [1.165, 1.54) is 18.4 Å². The van der Waals surface area contributed by atoms with Crippen molar-refractivity contribution in [1.82, 2.24) is 4.57 Å². The van der Waals surface area contributed by atoms with Crippen molar-refractivity contribution in [2.24, 2.45) is 0 Å². The van der Waals surface area contributed by atoms with Crippen LogP contribution < -0.4 is 0 Å². The first kappa shape index (κ1) is 16.5. The lowest BCUT2D eigenvalue weighted by molar-refractivity contribution is 0.602. The molecule has 0 amide bonds. The van der Waals surface area contributed by atoms with Gasteiger partial charge in [0.05, 0.1) is 16.1 Å². The molecule has 4 rings (SSSR count). The number of fused-ring (bicyclic) bond motifs is 1. The Kier molecular flexibility index (Phi) is 3.89. The summed E-state index contributed by atoms with van der Waals surface area (Å²) < 4.78 is 39.9. The van der Waals surface area contributed by atoms with Crippen LogP contribution >= 0.6 is 0 Å². The Morgan fingerprint density at radius 2 is 1.50 bits per heavy atom. The summed E-state index contributed by atoms with van der Waals surface area (Å²) in [7, 11) is -3.40. The first-order chi connectivity index (χ1) is 12.4. The lowest BCUT2D eigenvalue weighted by Gasteiger charge is -2.13. The minimum Gasteiger partial charge on any atom is -0.309 e. The van der Waals surface area contributed by atoms with E-state index in [-0.39, 0.29) is 10.7 Å². The molecule has 0 spiro atoms. The van der Waals surface area contributed by atoms with Gasteiger partial charge in [-0.15, -0.1) is 0 Å². The van der Waals surface area contributed by atoms with E-state index >= 15 is 0 Å². The summed E-state index contributed by atoms with van der Waals surface area (Å²) in [6.45, 7) is 0. The maximum atomic E-state index is 13.4. The van der Waals surface area contributed by atoms with Crippen LogP contribution in [0.25, 0.3) is 27.8 Å². The topological polar surface area (TPSA) is 39.1 Å². The Hall–Kier alpha value is -2.92. The zero-order chi connectivity index (χ0) is 18.3. The summed E-state index contributed by atoms with van der Waals surface area (Å²) in [5.41, 5.74) is 3.07. The van der Waals surface area contributed by atoms with Crippen molar-refractivity contribution in [1.29, 1.82) is 0 Å². The monoisotopic (exact) mass is 365 g/mol. The van der Waals surface area contributed by atoms with E-state index in [1.54, 1.807) is 30.3 Å². The smallest absolute Gasteiger partial charge is 0.176 e. The van der Waals surface area contributed by atoms with Crippen LogP contribution in [-0.2, 0) is 9.84 Å². The van der Waals surface area contributed by atoms with E-state index in [4.69, 9.17) is 0 Å². The van der Waals surface area contributed by atoms with Crippen LogP contribution in [0, 0.1) is 5.82 Å². The third kappa shape index (κ3) is 2.80. The molecule has 1 heterocycles. The second-order valence-electron chi connectivity index (χ2n) is 6.17. The second-order valence-corrected chi connectivity index (χ2v) is 8.15. The number of halogens is 1. The molecule has 3 nitrogen and oxygen atoms in total. The Balaban J connectivity index is 2.09. The molecule has 130 valence electrons. The minimum absolute atomic E-state index is 0.270. The molecular formula is C21H16FNO2S. The van der Waals surface area contributed by atoms with Crippen LogP contribution in [0.1, 0.15) is 0 Å². The highest BCUT2D eigenvalue weighted by atomic mass is 32.2. The van der Waals surface area contributed by atoms with E-state index in [0.29, 0.717) is 5.56 Å². The zero-order valence-corrected chi connectivity index (χ0v) is 14.9. The predicted molar refractivity (Wildman–Crippen MR) is 102 cm³/mol. The number of hydrogen-bond donors (Lipinski definition) is 0. The molecule has 0 aliphatic heterocycles. The van der Waals surface area contributed by atoms with Crippen molar-refractivity contribution < 1.29 is 12.8 Å². The van der Waals surface area contributed by atoms with Gasteiger partial charge in [-0.25, -0.2) is 12.8 Å². The summed E-state index contributed by atoms with van der Waals surface area (Å²) in [5.74, 6) is -0.316. The van der Waals surface area contributed by atoms with Crippen molar-refractivity contribution in [2.45, 2.75) is 4.90 Å². The maximum Gasteiger partial charge on any atom is 0.176 e. The number of nitrogens with zero attached hydrogens (tertiary/aromatic N) is 1. The van der Waals surface area contributed by atoms with Gasteiger partial charge in [-0.05, 0) is 42.5 Å². The highest BCUT2D eigenvalue weighted by Crippen LogP contribution is 2.34. The molecule has 4 aromatic rings. The van der Waals surface area contributed by atoms with Crippen molar-refractivity contribution in [3.05, 3.63) is 84.7 Å². The van der Waals surface area contributed by atoms with Crippen molar-refractivity contribution in [3.63, 3.8) is 0 Å². The number of hydrogen-bond acceptors (Lipinski definition) is 2. The molecule has 0 saturated carbocycles. The first-order valence-electron chi connectivity index (χ1n) is 8.11. The largest absolute Gasteiger partial charge is 0.309 e. The van der Waals surface area contributed by atoms with Crippen molar-refractivity contribution in [2.75, 3.05) is 6.26 Å². The summed E-state index contributed by atoms with van der Waals surface area (Å²) in [6.07, 6.45) is 1.21. The standard InChI is InChI=1S/C21H16FNO2S/c1-26(24,25)21-9-5-3-7-18(21)20-14-15-6-2-4-8-19(15)23(20)17-12-10-16(22)11-13-17/h2-14H,1H3. The summed E-state index contributed by atoms with van der Waals surface area (Å²) >= 11 is 0. The van der Waals surface area contributed by atoms with Crippen LogP contribution in [0.3, 0.4) is 0 Å². The molecule has 0 aliphatic rings. The summed E-state index contributed by atoms with van der Waals surface area (Å²) in [4.78, 5) is 0.270. The van der Waals surface area contributed by atoms with Crippen LogP contribution in [0.2, 0.25) is 0 Å². The van der Waals surface area contributed by atoms with Gasteiger partial charge in [0.1, 0.15) is 5.82 Å². The van der Waals surface area contributed by atoms with Gasteiger partial charge in [0.15, 0.2) is 9.84 Å². The molecule has 0 aliphatic carbocycles. The highest BCUT2D eigenvalue weighted by molar-refractivity contribution is 7.90. The molecule has 0 atom stereocenters. The van der Waals surface area contributed by atoms with Crippen molar-refractivity contribution in [3.8, 4) is 16.9 Å². The average Bonchev–Trinajstić information content (AvgIpc) is 3.01. The van der Waals surface area contributed by atoms with Gasteiger partial charge in [-0.3, -0.25) is 0 Å². The zero-order valence-electron chi connectivity index (χ0n) is 14.1. The first-order valence-corrected chi connectivity index (χ1v) is 10.0. The van der Waals surface area contributed by atoms with E-state index in [1.807, 2.05) is 41.0 Å². The minimum atomic E-state index is -3.40. The van der Waals surface area contributed by atoms with Gasteiger partial charge in [0, 0.05) is 22.9 Å². The average molecular weight is 365 g/mol. The molecule has 26 heavy (non-hydrogen) atoms. The molecule has 5 heteroatoms. The Morgan fingerprint density at radius 3 is 2.23 bits per heavy atom. The van der Waals surface area contributed by atoms with Gasteiger partial charge >= 0.3 is 0 Å². The van der Waals surface area contributed by atoms with Crippen LogP contribution in [0.4, 0.5) is 4.39 Å². The fourth-order valence-corrected chi connectivity index (χ4v) is 4.12. The predicted octanol–water partition coefficient (Wildman–Crippen LogP) is 4.84. The van der Waals surface area contributed by atoms with Crippen LogP contribution in [0.15, 0.2) is 83.8 Å². The third-order valence-corrected chi connectivity index (χ3v) is 5.51. The quantitative estimate of drug-likeness (QED) is 0.521. The molecule has 0 bridgehead atoms. The molecular weight excluding hydrogens is 349 g/mol. The number of benzene rings is 3. The Labute approximate surface area is 151 Å². The van der Waals surface area contributed by atoms with Crippen LogP contribution in [0.5, 0.6) is 0 Å². The Bertz CT molecular complexity index is 1210. The molecule has 0 fully saturated rings. The summed E-state index contributed by atoms with van der Waals surface area (Å²) in [6, 6.07) is 22.9. The second kappa shape index (κ2) is 6.11. The highest BCUT2D eigenvalue weighted by Gasteiger charge is 2.19. The normalized spacial score (nSPS) is 11.8. The van der Waals surface area contributed by atoms with Crippen LogP contribution in [-0.4, -0.2) is 19.2 Å². The fraction of sp³-hybridized carbons (Fsp3) is 0.0476. The van der Waals surface area contributed by atoms with Gasteiger partial charge in [0.25, 0.3) is 0 Å². The summed E-state index contributed by atoms with van der Waals surface area (Å²) in [5, 5.41) is 0.982. The maximum absolute atomic E-state index is 13.4. The number of rotatable bonds is 3. The molecule has 0 unspecified atom stereocenters. The molecule has 0 saturated heterocycles. The number of sulfone groups is 1. The number of para-hydroxylation sites is 1. The molecule has 0 radical (unpaired) electrons. The van der Waals surface area contributed by atoms with E-state index < -0.39 is 9.84 Å². The molecule has 1 aromatic heterocycles. The van der Waals surface area contributed by atoms with Gasteiger partial charge < -0.3 is 4.57 Å². The lowest BCUT2D eigenvalue weighted by Crippen LogP contribution is -2.03. The molecule has 3 aromatic carbocycles. The van der Waals surface area contributed by atoms with Crippen molar-refractivity contribution >= 4 is 20.7 Å².